The van der Waals surface area contributed by atoms with Gasteiger partial charge in [-0.2, -0.15) is 5.10 Å². The van der Waals surface area contributed by atoms with Crippen molar-refractivity contribution in [1.82, 2.24) is 15.1 Å². The standard InChI is InChI=1S/C14H21N3O2/c1-3-6-17-10-13(8-16-17)19-11-12-5-7-18-14(12)9-15-4-2/h5,7-8,10,15H,3-4,6,9,11H2,1-2H3. The predicted octanol–water partition coefficient (Wildman–Crippen LogP) is 2.57. The summed E-state index contributed by atoms with van der Waals surface area (Å²) in [6.45, 7) is 7.28. The first-order valence-electron chi connectivity index (χ1n) is 6.74. The molecule has 0 spiro atoms. The van der Waals surface area contributed by atoms with Gasteiger partial charge in [0.25, 0.3) is 0 Å². The van der Waals surface area contributed by atoms with Crippen LogP contribution in [0.5, 0.6) is 5.75 Å². The zero-order valence-electron chi connectivity index (χ0n) is 11.6. The topological polar surface area (TPSA) is 52.2 Å². The maximum atomic E-state index is 5.73. The number of rotatable bonds is 8. The molecular formula is C14H21N3O2. The van der Waals surface area contributed by atoms with Crippen molar-refractivity contribution in [3.63, 3.8) is 0 Å². The van der Waals surface area contributed by atoms with Crippen molar-refractivity contribution in [3.8, 4) is 5.75 Å². The molecule has 0 saturated carbocycles. The van der Waals surface area contributed by atoms with Gasteiger partial charge in [0.05, 0.1) is 25.2 Å². The van der Waals surface area contributed by atoms with Crippen LogP contribution in [-0.4, -0.2) is 16.3 Å². The van der Waals surface area contributed by atoms with Crippen LogP contribution in [0.15, 0.2) is 29.1 Å². The zero-order valence-corrected chi connectivity index (χ0v) is 11.6. The molecule has 5 nitrogen and oxygen atoms in total. The lowest BCUT2D eigenvalue weighted by Crippen LogP contribution is -2.12. The van der Waals surface area contributed by atoms with Crippen LogP contribution in [0.25, 0.3) is 0 Å². The van der Waals surface area contributed by atoms with Crippen molar-refractivity contribution in [2.24, 2.45) is 0 Å². The second kappa shape index (κ2) is 6.99. The van der Waals surface area contributed by atoms with Gasteiger partial charge in [-0.05, 0) is 19.0 Å². The van der Waals surface area contributed by atoms with Crippen LogP contribution in [0.2, 0.25) is 0 Å². The number of hydrogen-bond acceptors (Lipinski definition) is 4. The van der Waals surface area contributed by atoms with E-state index in [0.717, 1.165) is 43.1 Å². The molecule has 0 saturated heterocycles. The molecule has 0 unspecified atom stereocenters. The first-order valence-corrected chi connectivity index (χ1v) is 6.74. The molecule has 0 fully saturated rings. The van der Waals surface area contributed by atoms with Crippen LogP contribution < -0.4 is 10.1 Å². The van der Waals surface area contributed by atoms with Gasteiger partial charge in [0.1, 0.15) is 12.4 Å². The predicted molar refractivity (Wildman–Crippen MR) is 72.9 cm³/mol. The van der Waals surface area contributed by atoms with E-state index in [-0.39, 0.29) is 0 Å². The van der Waals surface area contributed by atoms with E-state index in [4.69, 9.17) is 9.15 Å². The van der Waals surface area contributed by atoms with Gasteiger partial charge in [-0.1, -0.05) is 13.8 Å². The van der Waals surface area contributed by atoms with Crippen molar-refractivity contribution in [2.45, 2.75) is 40.0 Å². The molecule has 1 N–H and O–H groups in total. The van der Waals surface area contributed by atoms with E-state index in [1.165, 1.54) is 0 Å². The highest BCUT2D eigenvalue weighted by molar-refractivity contribution is 5.18. The molecule has 0 radical (unpaired) electrons. The molecule has 0 atom stereocenters. The second-order valence-corrected chi connectivity index (χ2v) is 4.38. The molecular weight excluding hydrogens is 242 g/mol. The maximum Gasteiger partial charge on any atom is 0.157 e. The largest absolute Gasteiger partial charge is 0.485 e. The molecule has 2 rings (SSSR count). The lowest BCUT2D eigenvalue weighted by atomic mass is 10.2. The molecule has 19 heavy (non-hydrogen) atoms. The van der Waals surface area contributed by atoms with E-state index in [1.807, 2.05) is 16.9 Å². The molecule has 0 bridgehead atoms. The van der Waals surface area contributed by atoms with Crippen LogP contribution in [0.3, 0.4) is 0 Å². The van der Waals surface area contributed by atoms with E-state index in [9.17, 15) is 0 Å². The van der Waals surface area contributed by atoms with Crippen molar-refractivity contribution in [3.05, 3.63) is 36.0 Å². The van der Waals surface area contributed by atoms with Crippen molar-refractivity contribution in [1.29, 1.82) is 0 Å². The number of aromatic nitrogens is 2. The molecule has 2 aromatic heterocycles. The second-order valence-electron chi connectivity index (χ2n) is 4.38. The monoisotopic (exact) mass is 263 g/mol. The highest BCUT2D eigenvalue weighted by atomic mass is 16.5. The fourth-order valence-corrected chi connectivity index (χ4v) is 1.82. The van der Waals surface area contributed by atoms with E-state index in [1.54, 1.807) is 12.5 Å². The van der Waals surface area contributed by atoms with Gasteiger partial charge in [0.15, 0.2) is 5.75 Å². The summed E-state index contributed by atoms with van der Waals surface area (Å²) >= 11 is 0. The van der Waals surface area contributed by atoms with E-state index in [0.29, 0.717) is 6.61 Å². The zero-order chi connectivity index (χ0) is 13.5. The normalized spacial score (nSPS) is 10.8. The van der Waals surface area contributed by atoms with Crippen molar-refractivity contribution < 1.29 is 9.15 Å². The number of aryl methyl sites for hydroxylation is 1. The Hall–Kier alpha value is -1.75. The highest BCUT2D eigenvalue weighted by Gasteiger charge is 2.07. The van der Waals surface area contributed by atoms with Crippen molar-refractivity contribution >= 4 is 0 Å². The number of ether oxygens (including phenoxy) is 1. The van der Waals surface area contributed by atoms with E-state index in [2.05, 4.69) is 24.3 Å². The Morgan fingerprint density at radius 3 is 3.11 bits per heavy atom. The summed E-state index contributed by atoms with van der Waals surface area (Å²) in [5.41, 5.74) is 1.07. The van der Waals surface area contributed by atoms with E-state index < -0.39 is 0 Å². The number of nitrogens with zero attached hydrogens (tertiary/aromatic N) is 2. The first-order chi connectivity index (χ1) is 9.33. The highest BCUT2D eigenvalue weighted by Crippen LogP contribution is 2.15. The molecule has 2 heterocycles. The summed E-state index contributed by atoms with van der Waals surface area (Å²) in [7, 11) is 0. The molecule has 104 valence electrons. The Kier molecular flexibility index (Phi) is 5.03. The molecule has 2 aromatic rings. The number of nitrogens with one attached hydrogen (secondary N) is 1. The van der Waals surface area contributed by atoms with Crippen LogP contribution in [0.1, 0.15) is 31.6 Å². The molecule has 0 aliphatic carbocycles. The van der Waals surface area contributed by atoms with Gasteiger partial charge in [-0.15, -0.1) is 0 Å². The fourth-order valence-electron chi connectivity index (χ4n) is 1.82. The van der Waals surface area contributed by atoms with Gasteiger partial charge < -0.3 is 14.5 Å². The third kappa shape index (κ3) is 3.86. The summed E-state index contributed by atoms with van der Waals surface area (Å²) in [6, 6.07) is 1.95. The minimum atomic E-state index is 0.509. The average molecular weight is 263 g/mol. The third-order valence-corrected chi connectivity index (χ3v) is 2.83. The Bertz CT molecular complexity index is 490. The SMILES string of the molecule is CCCn1cc(OCc2ccoc2CNCC)cn1. The Morgan fingerprint density at radius 1 is 1.42 bits per heavy atom. The minimum absolute atomic E-state index is 0.509. The lowest BCUT2D eigenvalue weighted by Gasteiger charge is -2.04. The van der Waals surface area contributed by atoms with Gasteiger partial charge in [-0.25, -0.2) is 0 Å². The average Bonchev–Trinajstić information content (AvgIpc) is 3.03. The molecule has 0 amide bonds. The quantitative estimate of drug-likeness (QED) is 0.795. The van der Waals surface area contributed by atoms with Gasteiger partial charge in [0, 0.05) is 12.1 Å². The van der Waals surface area contributed by atoms with Gasteiger partial charge in [0.2, 0.25) is 0 Å². The summed E-state index contributed by atoms with van der Waals surface area (Å²) in [4.78, 5) is 0. The molecule has 0 aromatic carbocycles. The fraction of sp³-hybridized carbons (Fsp3) is 0.500. The smallest absolute Gasteiger partial charge is 0.157 e. The van der Waals surface area contributed by atoms with Crippen LogP contribution in [0.4, 0.5) is 0 Å². The van der Waals surface area contributed by atoms with Crippen LogP contribution in [0, 0.1) is 0 Å². The maximum absolute atomic E-state index is 5.73. The summed E-state index contributed by atoms with van der Waals surface area (Å²) < 4.78 is 13.1. The van der Waals surface area contributed by atoms with Gasteiger partial charge in [-0.3, -0.25) is 4.68 Å². The van der Waals surface area contributed by atoms with Crippen molar-refractivity contribution in [2.75, 3.05) is 6.54 Å². The van der Waals surface area contributed by atoms with Crippen LogP contribution in [-0.2, 0) is 19.7 Å². The Balaban J connectivity index is 1.88. The third-order valence-electron chi connectivity index (χ3n) is 2.83. The molecule has 0 aliphatic heterocycles. The Morgan fingerprint density at radius 2 is 2.32 bits per heavy atom. The van der Waals surface area contributed by atoms with Crippen LogP contribution >= 0.6 is 0 Å². The Labute approximate surface area is 113 Å². The lowest BCUT2D eigenvalue weighted by molar-refractivity contribution is 0.301. The van der Waals surface area contributed by atoms with Gasteiger partial charge >= 0.3 is 0 Å². The summed E-state index contributed by atoms with van der Waals surface area (Å²) in [5.74, 6) is 1.73. The van der Waals surface area contributed by atoms with E-state index >= 15 is 0 Å². The molecule has 0 aliphatic rings. The number of furan rings is 1. The summed E-state index contributed by atoms with van der Waals surface area (Å²) in [6.07, 6.45) is 6.44. The first kappa shape index (κ1) is 13.7. The summed E-state index contributed by atoms with van der Waals surface area (Å²) in [5, 5.41) is 7.48. The minimum Gasteiger partial charge on any atom is -0.485 e. The molecule has 5 heteroatoms. The number of hydrogen-bond donors (Lipinski definition) is 1.